The lowest BCUT2D eigenvalue weighted by Gasteiger charge is -2.27. The maximum absolute atomic E-state index is 12.6. The molecule has 1 atom stereocenters. The molecule has 0 aliphatic carbocycles. The van der Waals surface area contributed by atoms with Gasteiger partial charge in [-0.1, -0.05) is 25.5 Å². The van der Waals surface area contributed by atoms with E-state index in [2.05, 4.69) is 48.7 Å². The number of carbonyl (C=O) groups excluding carboxylic acids is 1. The Morgan fingerprint density at radius 1 is 1.33 bits per heavy atom. The number of nitrogens with one attached hydrogen (secondary N) is 2. The van der Waals surface area contributed by atoms with Gasteiger partial charge in [-0.2, -0.15) is 0 Å². The van der Waals surface area contributed by atoms with Gasteiger partial charge in [0.2, 0.25) is 5.91 Å². The van der Waals surface area contributed by atoms with Gasteiger partial charge in [-0.25, -0.2) is 0 Å². The Bertz CT molecular complexity index is 461. The van der Waals surface area contributed by atoms with Crippen LogP contribution in [-0.2, 0) is 11.3 Å². The maximum Gasteiger partial charge on any atom is 0.244 e. The largest absolute Gasteiger partial charge is 0.324 e. The van der Waals surface area contributed by atoms with Crippen molar-refractivity contribution in [2.75, 3.05) is 26.0 Å². The third-order valence-electron chi connectivity index (χ3n) is 4.07. The minimum Gasteiger partial charge on any atom is -0.324 e. The molecule has 1 aromatic rings. The molecule has 1 aromatic carbocycles. The van der Waals surface area contributed by atoms with Gasteiger partial charge in [0, 0.05) is 12.2 Å². The number of benzene rings is 1. The quantitative estimate of drug-likeness (QED) is 0.846. The zero-order valence-electron chi connectivity index (χ0n) is 13.4. The third kappa shape index (κ3) is 4.05. The minimum absolute atomic E-state index is 0.113. The molecule has 116 valence electrons. The summed E-state index contributed by atoms with van der Waals surface area (Å²) in [4.78, 5) is 14.7. The maximum atomic E-state index is 12.6. The highest BCUT2D eigenvalue weighted by Crippen LogP contribution is 2.26. The molecule has 0 radical (unpaired) electrons. The van der Waals surface area contributed by atoms with E-state index in [9.17, 15) is 4.79 Å². The van der Waals surface area contributed by atoms with Crippen molar-refractivity contribution in [3.8, 4) is 0 Å². The van der Waals surface area contributed by atoms with Gasteiger partial charge in [0.25, 0.3) is 0 Å². The Morgan fingerprint density at radius 2 is 2.05 bits per heavy atom. The minimum atomic E-state index is -0.364. The van der Waals surface area contributed by atoms with Crippen LogP contribution in [0.25, 0.3) is 0 Å². The number of hydrogen-bond acceptors (Lipinski definition) is 3. The summed E-state index contributed by atoms with van der Waals surface area (Å²) in [7, 11) is 4.10. The van der Waals surface area contributed by atoms with Crippen LogP contribution in [0.3, 0.4) is 0 Å². The fraction of sp³-hybridized carbons (Fsp3) is 0.588. The van der Waals surface area contributed by atoms with Gasteiger partial charge in [-0.3, -0.25) is 4.79 Å². The monoisotopic (exact) mass is 289 g/mol. The summed E-state index contributed by atoms with van der Waals surface area (Å²) >= 11 is 0. The summed E-state index contributed by atoms with van der Waals surface area (Å²) in [6.07, 6.45) is 3.93. The van der Waals surface area contributed by atoms with Crippen molar-refractivity contribution < 1.29 is 4.79 Å². The molecule has 2 rings (SSSR count). The number of hydrogen-bond donors (Lipinski definition) is 2. The topological polar surface area (TPSA) is 44.4 Å². The molecule has 1 amide bonds. The molecule has 0 spiro atoms. The van der Waals surface area contributed by atoms with Crippen LogP contribution < -0.4 is 10.6 Å². The number of amides is 1. The van der Waals surface area contributed by atoms with Crippen molar-refractivity contribution in [2.45, 2.75) is 44.7 Å². The Balaban J connectivity index is 2.01. The lowest BCUT2D eigenvalue weighted by Crippen LogP contribution is -2.50. The predicted molar refractivity (Wildman–Crippen MR) is 87.3 cm³/mol. The molecule has 4 heteroatoms. The van der Waals surface area contributed by atoms with Crippen molar-refractivity contribution in [2.24, 2.45) is 0 Å². The molecule has 2 N–H and O–H groups in total. The molecule has 4 nitrogen and oxygen atoms in total. The molecule has 1 aliphatic rings. The fourth-order valence-electron chi connectivity index (χ4n) is 3.06. The summed E-state index contributed by atoms with van der Waals surface area (Å²) in [6.45, 7) is 3.98. The van der Waals surface area contributed by atoms with Crippen molar-refractivity contribution in [1.82, 2.24) is 10.2 Å². The summed E-state index contributed by atoms with van der Waals surface area (Å²) in [5, 5.41) is 6.48. The molecule has 21 heavy (non-hydrogen) atoms. The van der Waals surface area contributed by atoms with E-state index in [0.29, 0.717) is 0 Å². The fourth-order valence-corrected chi connectivity index (χ4v) is 3.06. The second-order valence-electron chi connectivity index (χ2n) is 6.25. The average molecular weight is 289 g/mol. The second kappa shape index (κ2) is 7.05. The van der Waals surface area contributed by atoms with Crippen LogP contribution in [0, 0.1) is 0 Å². The number of rotatable bonds is 6. The normalized spacial score (nSPS) is 21.7. The van der Waals surface area contributed by atoms with Gasteiger partial charge in [-0.05, 0) is 57.6 Å². The van der Waals surface area contributed by atoms with Crippen LogP contribution in [0.4, 0.5) is 5.69 Å². The smallest absolute Gasteiger partial charge is 0.244 e. The molecule has 1 fully saturated rings. The molecular weight excluding hydrogens is 262 g/mol. The van der Waals surface area contributed by atoms with E-state index in [0.717, 1.165) is 44.5 Å². The Labute approximate surface area is 127 Å². The van der Waals surface area contributed by atoms with Crippen LogP contribution in [0.5, 0.6) is 0 Å². The van der Waals surface area contributed by atoms with Crippen molar-refractivity contribution in [3.63, 3.8) is 0 Å². The second-order valence-corrected chi connectivity index (χ2v) is 6.25. The third-order valence-corrected chi connectivity index (χ3v) is 4.07. The first-order chi connectivity index (χ1) is 10.1. The van der Waals surface area contributed by atoms with E-state index >= 15 is 0 Å². The number of carbonyl (C=O) groups is 1. The standard InChI is InChI=1S/C17H27N3O/c1-4-10-17(11-5-12-18-17)16(21)19-15-8-6-14(7-9-15)13-20(2)3/h6-9,18H,4-5,10-13H2,1-3H3,(H,19,21). The first-order valence-corrected chi connectivity index (χ1v) is 7.86. The zero-order valence-corrected chi connectivity index (χ0v) is 13.4. The van der Waals surface area contributed by atoms with E-state index in [1.54, 1.807) is 0 Å². The first-order valence-electron chi connectivity index (χ1n) is 7.86. The van der Waals surface area contributed by atoms with E-state index in [1.807, 2.05) is 12.1 Å². The zero-order chi connectivity index (χ0) is 15.3. The molecule has 0 bridgehead atoms. The Morgan fingerprint density at radius 3 is 2.57 bits per heavy atom. The van der Waals surface area contributed by atoms with E-state index < -0.39 is 0 Å². The van der Waals surface area contributed by atoms with Crippen molar-refractivity contribution >= 4 is 11.6 Å². The lowest BCUT2D eigenvalue weighted by atomic mass is 9.90. The first kappa shape index (κ1) is 16.0. The summed E-state index contributed by atoms with van der Waals surface area (Å²) < 4.78 is 0. The highest BCUT2D eigenvalue weighted by atomic mass is 16.2. The molecule has 0 saturated carbocycles. The average Bonchev–Trinajstić information content (AvgIpc) is 2.91. The predicted octanol–water partition coefficient (Wildman–Crippen LogP) is 2.61. The summed E-state index contributed by atoms with van der Waals surface area (Å²) in [6, 6.07) is 8.13. The lowest BCUT2D eigenvalue weighted by molar-refractivity contribution is -0.122. The van der Waals surface area contributed by atoms with Crippen LogP contribution in [-0.4, -0.2) is 37.0 Å². The van der Waals surface area contributed by atoms with Gasteiger partial charge in [0.15, 0.2) is 0 Å². The molecule has 1 saturated heterocycles. The highest BCUT2D eigenvalue weighted by molar-refractivity contribution is 5.98. The van der Waals surface area contributed by atoms with Crippen LogP contribution in [0.2, 0.25) is 0 Å². The molecule has 1 heterocycles. The van der Waals surface area contributed by atoms with E-state index in [-0.39, 0.29) is 11.4 Å². The van der Waals surface area contributed by atoms with Gasteiger partial charge < -0.3 is 15.5 Å². The molecular formula is C17H27N3O. The van der Waals surface area contributed by atoms with Crippen LogP contribution >= 0.6 is 0 Å². The van der Waals surface area contributed by atoms with Crippen molar-refractivity contribution in [1.29, 1.82) is 0 Å². The van der Waals surface area contributed by atoms with Gasteiger partial charge in [0.05, 0.1) is 5.54 Å². The highest BCUT2D eigenvalue weighted by Gasteiger charge is 2.39. The molecule has 0 aromatic heterocycles. The van der Waals surface area contributed by atoms with Crippen LogP contribution in [0.1, 0.15) is 38.2 Å². The number of nitrogens with zero attached hydrogens (tertiary/aromatic N) is 1. The Kier molecular flexibility index (Phi) is 5.37. The van der Waals surface area contributed by atoms with Gasteiger partial charge in [-0.15, -0.1) is 0 Å². The summed E-state index contributed by atoms with van der Waals surface area (Å²) in [5.41, 5.74) is 1.77. The van der Waals surface area contributed by atoms with E-state index in [1.165, 1.54) is 5.56 Å². The van der Waals surface area contributed by atoms with Crippen molar-refractivity contribution in [3.05, 3.63) is 29.8 Å². The van der Waals surface area contributed by atoms with Gasteiger partial charge in [0.1, 0.15) is 0 Å². The SMILES string of the molecule is CCCC1(C(=O)Nc2ccc(CN(C)C)cc2)CCCN1. The molecule has 1 unspecified atom stereocenters. The van der Waals surface area contributed by atoms with E-state index in [4.69, 9.17) is 0 Å². The Hall–Kier alpha value is -1.39. The number of anilines is 1. The van der Waals surface area contributed by atoms with Gasteiger partial charge >= 0.3 is 0 Å². The van der Waals surface area contributed by atoms with Crippen LogP contribution in [0.15, 0.2) is 24.3 Å². The molecule has 1 aliphatic heterocycles. The summed E-state index contributed by atoms with van der Waals surface area (Å²) in [5.74, 6) is 0.113.